The van der Waals surface area contributed by atoms with Crippen molar-refractivity contribution in [1.29, 1.82) is 5.26 Å². The molecule has 2 aromatic rings. The van der Waals surface area contributed by atoms with Gasteiger partial charge in [0.15, 0.2) is 0 Å². The van der Waals surface area contributed by atoms with Crippen molar-refractivity contribution in [2.75, 3.05) is 0 Å². The molecule has 2 aliphatic heterocycles. The van der Waals surface area contributed by atoms with Crippen molar-refractivity contribution in [2.24, 2.45) is 10.8 Å². The number of nitriles is 1. The number of hydrogen-bond donors (Lipinski definition) is 1. The molecule has 7 rings (SSSR count). The summed E-state index contributed by atoms with van der Waals surface area (Å²) in [5, 5.41) is 11.4. The lowest BCUT2D eigenvalue weighted by Crippen LogP contribution is -2.66. The Morgan fingerprint density at radius 1 is 1.29 bits per heavy atom. The number of aromatic amines is 1. The van der Waals surface area contributed by atoms with Crippen LogP contribution in [-0.2, 0) is 4.79 Å². The van der Waals surface area contributed by atoms with Crippen LogP contribution in [0.2, 0.25) is 5.02 Å². The number of fused-ring (bicyclic) bond motifs is 1. The minimum Gasteiger partial charge on any atom is -0.489 e. The second-order valence-corrected chi connectivity index (χ2v) is 11.2. The van der Waals surface area contributed by atoms with Crippen LogP contribution in [-0.4, -0.2) is 34.0 Å². The smallest absolute Gasteiger partial charge is 0.230 e. The number of piperidine rings is 2. The molecular formula is C25H28ClN3O2. The van der Waals surface area contributed by atoms with E-state index in [0.29, 0.717) is 10.8 Å². The first-order chi connectivity index (χ1) is 14.8. The molecule has 1 aromatic heterocycles. The average molecular weight is 438 g/mol. The van der Waals surface area contributed by atoms with Crippen LogP contribution in [0.3, 0.4) is 0 Å². The quantitative estimate of drug-likeness (QED) is 0.682. The number of H-pyrrole nitrogens is 1. The van der Waals surface area contributed by atoms with Crippen LogP contribution < -0.4 is 4.74 Å². The molecule has 2 saturated heterocycles. The van der Waals surface area contributed by atoms with Crippen molar-refractivity contribution in [1.82, 2.24) is 9.88 Å². The summed E-state index contributed by atoms with van der Waals surface area (Å²) in [6.07, 6.45) is 9.00. The maximum atomic E-state index is 13.8. The molecule has 3 heterocycles. The van der Waals surface area contributed by atoms with Crippen LogP contribution in [0.5, 0.6) is 5.75 Å². The van der Waals surface area contributed by atoms with Gasteiger partial charge in [0.05, 0.1) is 28.5 Å². The zero-order valence-corrected chi connectivity index (χ0v) is 18.8. The third-order valence-corrected chi connectivity index (χ3v) is 8.56. The monoisotopic (exact) mass is 437 g/mol. The van der Waals surface area contributed by atoms with E-state index in [9.17, 15) is 10.1 Å². The highest BCUT2D eigenvalue weighted by Crippen LogP contribution is 2.61. The minimum absolute atomic E-state index is 0.163. The van der Waals surface area contributed by atoms with Gasteiger partial charge in [0, 0.05) is 29.2 Å². The molecule has 3 saturated carbocycles. The lowest BCUT2D eigenvalue weighted by molar-refractivity contribution is -0.164. The number of ether oxygens (including phenoxy) is 1. The number of amides is 1. The Morgan fingerprint density at radius 2 is 2.00 bits per heavy atom. The predicted molar refractivity (Wildman–Crippen MR) is 119 cm³/mol. The number of nitrogens with one attached hydrogen (secondary N) is 1. The van der Waals surface area contributed by atoms with Crippen LogP contribution in [0.4, 0.5) is 0 Å². The standard InChI is InChI=1S/C25H28ClN3O2/c1-14(18-11-28-19-5-6-20(22(26)21(18)19)31-17-3-4-17)23(30)29-15-7-24(2)8-16(29)10-25(9-15,12-24)13-27/h5-6,11,14-17,28H,3-4,7-10,12H2,1-2H3. The van der Waals surface area contributed by atoms with Gasteiger partial charge in [-0.3, -0.25) is 4.79 Å². The van der Waals surface area contributed by atoms with Gasteiger partial charge in [0.2, 0.25) is 5.91 Å². The Balaban J connectivity index is 1.33. The van der Waals surface area contributed by atoms with Crippen LogP contribution in [0.15, 0.2) is 18.3 Å². The van der Waals surface area contributed by atoms with Crippen LogP contribution in [0.25, 0.3) is 10.9 Å². The van der Waals surface area contributed by atoms with Crippen molar-refractivity contribution >= 4 is 28.4 Å². The van der Waals surface area contributed by atoms with E-state index >= 15 is 0 Å². The first-order valence-corrected chi connectivity index (χ1v) is 11.9. The molecule has 31 heavy (non-hydrogen) atoms. The van der Waals surface area contributed by atoms with Gasteiger partial charge in [-0.15, -0.1) is 0 Å². The lowest BCUT2D eigenvalue weighted by atomic mass is 9.50. The summed E-state index contributed by atoms with van der Waals surface area (Å²) in [6, 6.07) is 6.89. The van der Waals surface area contributed by atoms with Crippen LogP contribution >= 0.6 is 11.6 Å². The molecule has 5 fully saturated rings. The highest BCUT2D eigenvalue weighted by molar-refractivity contribution is 6.37. The van der Waals surface area contributed by atoms with Crippen LogP contribution in [0, 0.1) is 22.2 Å². The Bertz CT molecular complexity index is 1110. The summed E-state index contributed by atoms with van der Waals surface area (Å²) in [7, 11) is 0. The zero-order chi connectivity index (χ0) is 21.5. The summed E-state index contributed by atoms with van der Waals surface area (Å²) < 4.78 is 5.99. The largest absolute Gasteiger partial charge is 0.489 e. The SMILES string of the molecule is CC(C(=O)N1C2CC3(C)CC1CC(C#N)(C2)C3)c1c[nH]c2ccc(OC3CC3)c(Cl)c12. The molecule has 5 aliphatic rings. The number of carbonyl (C=O) groups excluding carboxylic acids is 1. The third-order valence-electron chi connectivity index (χ3n) is 8.19. The molecular weight excluding hydrogens is 410 g/mol. The van der Waals surface area contributed by atoms with Gasteiger partial charge in [-0.05, 0) is 75.0 Å². The van der Waals surface area contributed by atoms with E-state index in [4.69, 9.17) is 16.3 Å². The number of halogens is 1. The number of aromatic nitrogens is 1. The number of hydrogen-bond acceptors (Lipinski definition) is 3. The fraction of sp³-hybridized carbons (Fsp3) is 0.600. The Labute approximate surface area is 187 Å². The molecule has 5 nitrogen and oxygen atoms in total. The summed E-state index contributed by atoms with van der Waals surface area (Å²) in [5.41, 5.74) is 1.82. The number of rotatable bonds is 4. The summed E-state index contributed by atoms with van der Waals surface area (Å²) in [5.74, 6) is 0.567. The molecule has 3 unspecified atom stereocenters. The molecule has 3 aliphatic carbocycles. The Morgan fingerprint density at radius 3 is 2.65 bits per heavy atom. The van der Waals surface area contributed by atoms with E-state index in [1.807, 2.05) is 25.3 Å². The van der Waals surface area contributed by atoms with Crippen molar-refractivity contribution in [3.63, 3.8) is 0 Å². The second kappa shape index (κ2) is 6.42. The van der Waals surface area contributed by atoms with Gasteiger partial charge < -0.3 is 14.6 Å². The molecule has 1 aromatic carbocycles. The molecule has 3 atom stereocenters. The van der Waals surface area contributed by atoms with Crippen molar-refractivity contribution in [2.45, 2.75) is 82.9 Å². The maximum Gasteiger partial charge on any atom is 0.230 e. The lowest BCUT2D eigenvalue weighted by Gasteiger charge is -2.63. The molecule has 1 N–H and O–H groups in total. The molecule has 4 bridgehead atoms. The average Bonchev–Trinajstić information content (AvgIpc) is 3.43. The van der Waals surface area contributed by atoms with Gasteiger partial charge in [-0.25, -0.2) is 0 Å². The van der Waals surface area contributed by atoms with E-state index in [-0.39, 0.29) is 40.8 Å². The number of benzene rings is 1. The van der Waals surface area contributed by atoms with Gasteiger partial charge >= 0.3 is 0 Å². The third kappa shape index (κ3) is 2.91. The molecule has 1 amide bonds. The van der Waals surface area contributed by atoms with Crippen LogP contribution in [0.1, 0.15) is 70.3 Å². The zero-order valence-electron chi connectivity index (χ0n) is 18.1. The van der Waals surface area contributed by atoms with E-state index in [2.05, 4.69) is 22.9 Å². The second-order valence-electron chi connectivity index (χ2n) is 10.8. The van der Waals surface area contributed by atoms with Gasteiger partial charge in [-0.1, -0.05) is 18.5 Å². The Kier molecular flexibility index (Phi) is 4.04. The summed E-state index contributed by atoms with van der Waals surface area (Å²) in [4.78, 5) is 19.2. The van der Waals surface area contributed by atoms with Crippen molar-refractivity contribution in [3.8, 4) is 11.8 Å². The van der Waals surface area contributed by atoms with E-state index in [1.165, 1.54) is 0 Å². The molecule has 162 valence electrons. The van der Waals surface area contributed by atoms with Crippen molar-refractivity contribution in [3.05, 3.63) is 28.9 Å². The normalized spacial score (nSPS) is 34.7. The van der Waals surface area contributed by atoms with Gasteiger partial charge in [0.25, 0.3) is 0 Å². The first-order valence-electron chi connectivity index (χ1n) is 11.5. The predicted octanol–water partition coefficient (Wildman–Crippen LogP) is 5.54. The Hall–Kier alpha value is -2.19. The van der Waals surface area contributed by atoms with Gasteiger partial charge in [-0.2, -0.15) is 5.26 Å². The van der Waals surface area contributed by atoms with Crippen molar-refractivity contribution < 1.29 is 9.53 Å². The maximum absolute atomic E-state index is 13.8. The van der Waals surface area contributed by atoms with E-state index < -0.39 is 0 Å². The fourth-order valence-electron chi connectivity index (χ4n) is 6.98. The summed E-state index contributed by atoms with van der Waals surface area (Å²) in [6.45, 7) is 4.30. The highest BCUT2D eigenvalue weighted by atomic mass is 35.5. The first kappa shape index (κ1) is 19.5. The van der Waals surface area contributed by atoms with E-state index in [1.54, 1.807) is 0 Å². The molecule has 0 spiro atoms. The van der Waals surface area contributed by atoms with E-state index in [0.717, 1.165) is 61.4 Å². The highest BCUT2D eigenvalue weighted by Gasteiger charge is 2.60. The topological polar surface area (TPSA) is 69.1 Å². The molecule has 6 heteroatoms. The molecule has 0 radical (unpaired) electrons. The fourth-order valence-corrected chi connectivity index (χ4v) is 7.30. The number of nitrogens with zero attached hydrogens (tertiary/aromatic N) is 2. The summed E-state index contributed by atoms with van der Waals surface area (Å²) >= 11 is 6.76. The minimum atomic E-state index is -0.300. The number of carbonyl (C=O) groups is 1. The van der Waals surface area contributed by atoms with Gasteiger partial charge in [0.1, 0.15) is 5.75 Å².